The summed E-state index contributed by atoms with van der Waals surface area (Å²) < 4.78 is 44.9. The molecule has 7 nitrogen and oxygen atoms in total. The Bertz CT molecular complexity index is 923. The Morgan fingerprint density at radius 1 is 0.964 bits per heavy atom. The monoisotopic (exact) mass is 394 g/mol. The number of carbonyl (C=O) groups is 3. The van der Waals surface area contributed by atoms with Crippen molar-refractivity contribution in [1.29, 1.82) is 0 Å². The van der Waals surface area contributed by atoms with E-state index in [9.17, 15) is 23.2 Å². The third-order valence-corrected chi connectivity index (χ3v) is 6.13. The maximum atomic E-state index is 15.3. The van der Waals surface area contributed by atoms with E-state index in [0.29, 0.717) is 13.1 Å². The minimum absolute atomic E-state index is 0.0191. The Morgan fingerprint density at radius 2 is 1.68 bits per heavy atom. The summed E-state index contributed by atoms with van der Waals surface area (Å²) >= 11 is 0. The summed E-state index contributed by atoms with van der Waals surface area (Å²) in [4.78, 5) is 38.6. The van der Waals surface area contributed by atoms with Crippen LogP contribution >= 0.6 is 0 Å². The Labute approximate surface area is 157 Å². The molecule has 148 valence electrons. The fourth-order valence-electron chi connectivity index (χ4n) is 4.76. The van der Waals surface area contributed by atoms with Crippen molar-refractivity contribution in [3.8, 4) is 0 Å². The van der Waals surface area contributed by atoms with Crippen LogP contribution in [0.3, 0.4) is 0 Å². The zero-order valence-electron chi connectivity index (χ0n) is 14.7. The van der Waals surface area contributed by atoms with E-state index in [4.69, 9.17) is 0 Å². The molecule has 3 amide bonds. The van der Waals surface area contributed by atoms with Crippen LogP contribution in [0.15, 0.2) is 0 Å². The summed E-state index contributed by atoms with van der Waals surface area (Å²) in [6, 6.07) is -1.26. The summed E-state index contributed by atoms with van der Waals surface area (Å²) in [6.45, 7) is 0.767. The number of nitrogens with one attached hydrogen (secondary N) is 2. The number of fused-ring (bicyclic) bond motifs is 3. The van der Waals surface area contributed by atoms with Crippen molar-refractivity contribution in [1.82, 2.24) is 15.5 Å². The highest BCUT2D eigenvalue weighted by Crippen LogP contribution is 2.43. The number of imide groups is 1. The van der Waals surface area contributed by atoms with Gasteiger partial charge in [0.25, 0.3) is 5.91 Å². The lowest BCUT2D eigenvalue weighted by Crippen LogP contribution is -2.68. The quantitative estimate of drug-likeness (QED) is 0.561. The fraction of sp³-hybridized carbons (Fsp3) is 0.500. The molecule has 3 fully saturated rings. The number of anilines is 1. The number of hydrogen-bond acceptors (Lipinski definition) is 5. The molecule has 0 spiro atoms. The minimum Gasteiger partial charge on any atom is -0.358 e. The topological polar surface area (TPSA) is 81.8 Å². The molecule has 28 heavy (non-hydrogen) atoms. The Morgan fingerprint density at radius 3 is 2.32 bits per heavy atom. The molecule has 10 heteroatoms. The normalized spacial score (nSPS) is 29.0. The maximum absolute atomic E-state index is 15.3. The van der Waals surface area contributed by atoms with Crippen LogP contribution in [0.2, 0.25) is 0 Å². The number of piperidine rings is 2. The second kappa shape index (κ2) is 5.94. The zero-order valence-corrected chi connectivity index (χ0v) is 14.7. The van der Waals surface area contributed by atoms with Gasteiger partial charge < -0.3 is 15.1 Å². The van der Waals surface area contributed by atoms with Gasteiger partial charge in [-0.05, 0) is 12.8 Å². The van der Waals surface area contributed by atoms with Gasteiger partial charge in [0.15, 0.2) is 17.5 Å². The van der Waals surface area contributed by atoms with Crippen LogP contribution in [0.4, 0.5) is 18.9 Å². The van der Waals surface area contributed by atoms with E-state index in [0.717, 1.165) is 11.3 Å². The first-order valence-corrected chi connectivity index (χ1v) is 9.21. The van der Waals surface area contributed by atoms with Crippen molar-refractivity contribution < 1.29 is 27.6 Å². The molecular formula is C18H17F3N4O3. The molecule has 0 saturated carbocycles. The highest BCUT2D eigenvalue weighted by molar-refractivity contribution is 6.05. The summed E-state index contributed by atoms with van der Waals surface area (Å²) in [6.07, 6.45) is 0.849. The number of amides is 3. The number of carbonyl (C=O) groups excluding carboxylic acids is 3. The molecule has 0 aromatic heterocycles. The predicted molar refractivity (Wildman–Crippen MR) is 89.9 cm³/mol. The smallest absolute Gasteiger partial charge is 0.258 e. The molecule has 1 aromatic carbocycles. The molecule has 3 saturated heterocycles. The lowest BCUT2D eigenvalue weighted by atomic mass is 9.87. The lowest BCUT2D eigenvalue weighted by Gasteiger charge is -2.54. The number of benzene rings is 1. The van der Waals surface area contributed by atoms with E-state index < -0.39 is 52.5 Å². The third-order valence-electron chi connectivity index (χ3n) is 6.13. The second-order valence-corrected chi connectivity index (χ2v) is 7.65. The van der Waals surface area contributed by atoms with Gasteiger partial charge in [0.2, 0.25) is 11.8 Å². The average Bonchev–Trinajstić information content (AvgIpc) is 3.01. The summed E-state index contributed by atoms with van der Waals surface area (Å²) in [5, 5.41) is 5.26. The van der Waals surface area contributed by atoms with Gasteiger partial charge in [-0.3, -0.25) is 19.7 Å². The molecule has 2 bridgehead atoms. The van der Waals surface area contributed by atoms with E-state index >= 15 is 4.39 Å². The SMILES string of the molecule is O=C1CCC(N2Cc3c(F)c(N4C5CNCC4C5)c(F)c(F)c3C2=O)C(=O)N1. The first-order valence-electron chi connectivity index (χ1n) is 9.21. The molecule has 3 unspecified atom stereocenters. The molecule has 2 N–H and O–H groups in total. The largest absolute Gasteiger partial charge is 0.358 e. The van der Waals surface area contributed by atoms with Crippen LogP contribution in [0.1, 0.15) is 35.2 Å². The molecule has 4 heterocycles. The minimum atomic E-state index is -1.39. The Balaban J connectivity index is 1.54. The molecule has 3 atom stereocenters. The van der Waals surface area contributed by atoms with Gasteiger partial charge in [-0.25, -0.2) is 13.2 Å². The van der Waals surface area contributed by atoms with E-state index in [1.54, 1.807) is 4.90 Å². The summed E-state index contributed by atoms with van der Waals surface area (Å²) in [5.74, 6) is -5.79. The first-order chi connectivity index (χ1) is 13.4. The van der Waals surface area contributed by atoms with Gasteiger partial charge in [-0.1, -0.05) is 0 Å². The van der Waals surface area contributed by atoms with Crippen LogP contribution in [0.25, 0.3) is 0 Å². The number of piperazine rings is 1. The van der Waals surface area contributed by atoms with Crippen molar-refractivity contribution in [2.45, 2.75) is 43.9 Å². The molecule has 5 rings (SSSR count). The van der Waals surface area contributed by atoms with Gasteiger partial charge >= 0.3 is 0 Å². The molecule has 0 radical (unpaired) electrons. The van der Waals surface area contributed by atoms with Gasteiger partial charge in [0, 0.05) is 37.2 Å². The average molecular weight is 394 g/mol. The summed E-state index contributed by atoms with van der Waals surface area (Å²) in [7, 11) is 0. The number of rotatable bonds is 2. The first kappa shape index (κ1) is 17.5. The van der Waals surface area contributed by atoms with Crippen LogP contribution in [-0.4, -0.2) is 53.8 Å². The molecular weight excluding hydrogens is 377 g/mol. The van der Waals surface area contributed by atoms with Crippen LogP contribution < -0.4 is 15.5 Å². The van der Waals surface area contributed by atoms with Gasteiger partial charge in [0.05, 0.1) is 12.1 Å². The molecule has 1 aromatic rings. The standard InChI is InChI=1S/C18H17F3N4O3/c19-13-9-6-24(10-1-2-11(26)23-17(10)27)18(28)12(9)14(20)15(21)16(13)25-7-3-8(25)5-22-4-7/h7-8,10,22H,1-6H2,(H,23,26,27). The van der Waals surface area contributed by atoms with Crippen molar-refractivity contribution in [2.24, 2.45) is 0 Å². The number of hydrogen-bond donors (Lipinski definition) is 2. The van der Waals surface area contributed by atoms with Crippen LogP contribution in [-0.2, 0) is 16.1 Å². The number of nitrogens with zero attached hydrogens (tertiary/aromatic N) is 2. The molecule has 4 aliphatic rings. The molecule has 4 aliphatic heterocycles. The van der Waals surface area contributed by atoms with Gasteiger partial charge in [0.1, 0.15) is 11.7 Å². The third kappa shape index (κ3) is 2.24. The lowest BCUT2D eigenvalue weighted by molar-refractivity contribution is -0.136. The van der Waals surface area contributed by atoms with Crippen molar-refractivity contribution in [3.05, 3.63) is 28.6 Å². The summed E-state index contributed by atoms with van der Waals surface area (Å²) in [5.41, 5.74) is -1.33. The van der Waals surface area contributed by atoms with E-state index in [-0.39, 0.29) is 37.0 Å². The molecule has 0 aliphatic carbocycles. The van der Waals surface area contributed by atoms with E-state index in [1.807, 2.05) is 0 Å². The van der Waals surface area contributed by atoms with Crippen molar-refractivity contribution in [2.75, 3.05) is 18.0 Å². The Kier molecular flexibility index (Phi) is 3.71. The second-order valence-electron chi connectivity index (χ2n) is 7.65. The van der Waals surface area contributed by atoms with Crippen LogP contribution in [0.5, 0.6) is 0 Å². The van der Waals surface area contributed by atoms with Crippen molar-refractivity contribution in [3.63, 3.8) is 0 Å². The van der Waals surface area contributed by atoms with Crippen molar-refractivity contribution >= 4 is 23.4 Å². The number of halogens is 3. The fourth-order valence-corrected chi connectivity index (χ4v) is 4.76. The zero-order chi connectivity index (χ0) is 19.7. The van der Waals surface area contributed by atoms with Crippen LogP contribution in [0, 0.1) is 17.5 Å². The Hall–Kier alpha value is -2.62. The van der Waals surface area contributed by atoms with Gasteiger partial charge in [-0.15, -0.1) is 0 Å². The highest BCUT2D eigenvalue weighted by atomic mass is 19.2. The van der Waals surface area contributed by atoms with Gasteiger partial charge in [-0.2, -0.15) is 0 Å². The maximum Gasteiger partial charge on any atom is 0.258 e. The van der Waals surface area contributed by atoms with E-state index in [1.165, 1.54) is 0 Å². The van der Waals surface area contributed by atoms with E-state index in [2.05, 4.69) is 10.6 Å². The highest BCUT2D eigenvalue weighted by Gasteiger charge is 2.48. The predicted octanol–water partition coefficient (Wildman–Crippen LogP) is 0.415.